The zero-order valence-electron chi connectivity index (χ0n) is 10.2. The number of aromatic carboxylic acids is 1. The van der Waals surface area contributed by atoms with E-state index in [4.69, 9.17) is 9.52 Å². The lowest BCUT2D eigenvalue weighted by Crippen LogP contribution is -1.97. The van der Waals surface area contributed by atoms with Gasteiger partial charge in [-0.3, -0.25) is 0 Å². The highest BCUT2D eigenvalue weighted by Crippen LogP contribution is 2.28. The topological polar surface area (TPSA) is 95.6 Å². The quantitative estimate of drug-likeness (QED) is 0.633. The second-order valence-corrected chi connectivity index (χ2v) is 4.15. The summed E-state index contributed by atoms with van der Waals surface area (Å²) in [6.07, 6.45) is 0. The Morgan fingerprint density at radius 3 is 2.70 bits per heavy atom. The van der Waals surface area contributed by atoms with Crippen LogP contribution in [0.15, 0.2) is 46.9 Å². The highest BCUT2D eigenvalue weighted by Gasteiger charge is 2.10. The van der Waals surface area contributed by atoms with Gasteiger partial charge >= 0.3 is 5.97 Å². The van der Waals surface area contributed by atoms with Gasteiger partial charge in [0.15, 0.2) is 5.58 Å². The number of para-hydroxylation sites is 2. The van der Waals surface area contributed by atoms with Crippen molar-refractivity contribution in [3.63, 3.8) is 0 Å². The number of fused-ring (bicyclic) bond motifs is 1. The zero-order chi connectivity index (χ0) is 14.1. The van der Waals surface area contributed by atoms with Crippen LogP contribution in [0.4, 0.5) is 11.7 Å². The number of carboxylic acids is 1. The first-order chi connectivity index (χ1) is 9.63. The molecule has 0 amide bonds. The number of nitrogens with one attached hydrogen (secondary N) is 1. The molecule has 1 aromatic heterocycles. The molecule has 0 aliphatic rings. The molecular formula is C14H10N2O4. The largest absolute Gasteiger partial charge is 0.506 e. The van der Waals surface area contributed by atoms with Crippen molar-refractivity contribution in [1.82, 2.24) is 4.98 Å². The Bertz CT molecular complexity index is 762. The Labute approximate surface area is 113 Å². The fraction of sp³-hybridized carbons (Fsp3) is 0. The van der Waals surface area contributed by atoms with Crippen LogP contribution in [0.3, 0.4) is 0 Å². The van der Waals surface area contributed by atoms with Crippen molar-refractivity contribution < 1.29 is 19.4 Å². The van der Waals surface area contributed by atoms with E-state index in [0.717, 1.165) is 6.07 Å². The number of phenols is 1. The van der Waals surface area contributed by atoms with Crippen LogP contribution in [0, 0.1) is 0 Å². The number of carboxylic acid groups (broad SMARTS) is 1. The molecule has 0 fully saturated rings. The van der Waals surface area contributed by atoms with Gasteiger partial charge in [-0.1, -0.05) is 12.1 Å². The molecule has 6 heteroatoms. The molecule has 0 aliphatic heterocycles. The minimum absolute atomic E-state index is 0.00520. The molecule has 6 nitrogen and oxygen atoms in total. The summed E-state index contributed by atoms with van der Waals surface area (Å²) in [6, 6.07) is 11.5. The number of carbonyl (C=O) groups is 1. The van der Waals surface area contributed by atoms with Crippen molar-refractivity contribution >= 4 is 28.8 Å². The van der Waals surface area contributed by atoms with Crippen molar-refractivity contribution in [2.24, 2.45) is 0 Å². The number of anilines is 2. The van der Waals surface area contributed by atoms with Gasteiger partial charge in [0.1, 0.15) is 11.3 Å². The van der Waals surface area contributed by atoms with Crippen molar-refractivity contribution in [1.29, 1.82) is 0 Å². The van der Waals surface area contributed by atoms with Gasteiger partial charge in [-0.05, 0) is 30.3 Å². The van der Waals surface area contributed by atoms with E-state index in [-0.39, 0.29) is 17.3 Å². The Kier molecular flexibility index (Phi) is 2.76. The number of aromatic nitrogens is 1. The first-order valence-electron chi connectivity index (χ1n) is 5.82. The van der Waals surface area contributed by atoms with Gasteiger partial charge in [0.25, 0.3) is 6.01 Å². The molecule has 0 radical (unpaired) electrons. The average Bonchev–Trinajstić information content (AvgIpc) is 2.83. The monoisotopic (exact) mass is 270 g/mol. The zero-order valence-corrected chi connectivity index (χ0v) is 10.2. The molecule has 0 unspecified atom stereocenters. The number of benzene rings is 2. The van der Waals surface area contributed by atoms with Crippen molar-refractivity contribution in [2.45, 2.75) is 0 Å². The standard InChI is InChI=1S/C14H10N2O4/c17-11-7-8(13(18)19)5-6-9(11)15-14-16-10-3-1-2-4-12(10)20-14/h1-7,17H,(H,15,16)(H,18,19). The molecule has 0 bridgehead atoms. The maximum atomic E-state index is 10.8. The summed E-state index contributed by atoms with van der Waals surface area (Å²) in [4.78, 5) is 15.0. The Hall–Kier alpha value is -3.02. The van der Waals surface area contributed by atoms with Gasteiger partial charge < -0.3 is 19.9 Å². The van der Waals surface area contributed by atoms with Crippen LogP contribution in [-0.2, 0) is 0 Å². The summed E-state index contributed by atoms with van der Waals surface area (Å²) in [5.41, 5.74) is 1.64. The molecule has 0 saturated carbocycles. The minimum atomic E-state index is -1.10. The Balaban J connectivity index is 1.92. The second kappa shape index (κ2) is 4.58. The van der Waals surface area contributed by atoms with E-state index in [1.165, 1.54) is 12.1 Å². The van der Waals surface area contributed by atoms with Crippen LogP contribution >= 0.6 is 0 Å². The Morgan fingerprint density at radius 1 is 1.20 bits per heavy atom. The fourth-order valence-corrected chi connectivity index (χ4v) is 1.81. The van der Waals surface area contributed by atoms with Crippen LogP contribution in [0.2, 0.25) is 0 Å². The third-order valence-corrected chi connectivity index (χ3v) is 2.78. The molecule has 3 aromatic rings. The van der Waals surface area contributed by atoms with Crippen LogP contribution in [0.5, 0.6) is 5.75 Å². The van der Waals surface area contributed by atoms with E-state index < -0.39 is 5.97 Å². The van der Waals surface area contributed by atoms with Gasteiger partial charge in [-0.25, -0.2) is 4.79 Å². The summed E-state index contributed by atoms with van der Waals surface area (Å²) < 4.78 is 5.45. The van der Waals surface area contributed by atoms with Gasteiger partial charge in [0, 0.05) is 0 Å². The summed E-state index contributed by atoms with van der Waals surface area (Å²) >= 11 is 0. The fourth-order valence-electron chi connectivity index (χ4n) is 1.81. The summed E-state index contributed by atoms with van der Waals surface area (Å²) in [7, 11) is 0. The van der Waals surface area contributed by atoms with Crippen molar-refractivity contribution in [3.05, 3.63) is 48.0 Å². The Morgan fingerprint density at radius 2 is 2.00 bits per heavy atom. The molecule has 0 atom stereocenters. The first kappa shape index (κ1) is 12.0. The number of aromatic hydroxyl groups is 1. The summed E-state index contributed by atoms with van der Waals surface area (Å²) in [5.74, 6) is -1.29. The lowest BCUT2D eigenvalue weighted by Gasteiger charge is -2.05. The lowest BCUT2D eigenvalue weighted by molar-refractivity contribution is 0.0696. The minimum Gasteiger partial charge on any atom is -0.506 e. The predicted molar refractivity (Wildman–Crippen MR) is 72.4 cm³/mol. The SMILES string of the molecule is O=C(O)c1ccc(Nc2nc3ccccc3o2)c(O)c1. The molecule has 20 heavy (non-hydrogen) atoms. The molecule has 2 aromatic carbocycles. The molecule has 100 valence electrons. The molecule has 0 saturated heterocycles. The molecule has 3 N–H and O–H groups in total. The number of phenolic OH excluding ortho intramolecular Hbond substituents is 1. The number of rotatable bonds is 3. The van der Waals surface area contributed by atoms with E-state index >= 15 is 0 Å². The number of nitrogens with zero attached hydrogens (tertiary/aromatic N) is 1. The van der Waals surface area contributed by atoms with Gasteiger partial charge in [-0.15, -0.1) is 0 Å². The van der Waals surface area contributed by atoms with E-state index in [2.05, 4.69) is 10.3 Å². The van der Waals surface area contributed by atoms with Crippen LogP contribution in [-0.4, -0.2) is 21.2 Å². The normalized spacial score (nSPS) is 10.6. The predicted octanol–water partition coefficient (Wildman–Crippen LogP) is 2.98. The van der Waals surface area contributed by atoms with Crippen LogP contribution < -0.4 is 5.32 Å². The van der Waals surface area contributed by atoms with E-state index in [9.17, 15) is 9.90 Å². The van der Waals surface area contributed by atoms with Crippen molar-refractivity contribution in [3.8, 4) is 5.75 Å². The van der Waals surface area contributed by atoms with Gasteiger partial charge in [0.05, 0.1) is 11.3 Å². The first-order valence-corrected chi connectivity index (χ1v) is 5.82. The maximum Gasteiger partial charge on any atom is 0.335 e. The number of hydrogen-bond acceptors (Lipinski definition) is 5. The lowest BCUT2D eigenvalue weighted by atomic mass is 10.2. The molecule has 3 rings (SSSR count). The molecular weight excluding hydrogens is 260 g/mol. The van der Waals surface area contributed by atoms with Crippen molar-refractivity contribution in [2.75, 3.05) is 5.32 Å². The highest BCUT2D eigenvalue weighted by molar-refractivity contribution is 5.89. The van der Waals surface area contributed by atoms with E-state index in [1.54, 1.807) is 12.1 Å². The molecule has 0 aliphatic carbocycles. The van der Waals surface area contributed by atoms with Crippen LogP contribution in [0.1, 0.15) is 10.4 Å². The average molecular weight is 270 g/mol. The van der Waals surface area contributed by atoms with Crippen LogP contribution in [0.25, 0.3) is 11.1 Å². The van der Waals surface area contributed by atoms with Gasteiger partial charge in [0.2, 0.25) is 0 Å². The smallest absolute Gasteiger partial charge is 0.335 e. The van der Waals surface area contributed by atoms with E-state index in [0.29, 0.717) is 16.8 Å². The molecule has 1 heterocycles. The maximum absolute atomic E-state index is 10.8. The van der Waals surface area contributed by atoms with Gasteiger partial charge in [-0.2, -0.15) is 4.98 Å². The molecule has 0 spiro atoms. The third kappa shape index (κ3) is 2.14. The third-order valence-electron chi connectivity index (χ3n) is 2.78. The second-order valence-electron chi connectivity index (χ2n) is 4.15. The summed E-state index contributed by atoms with van der Waals surface area (Å²) in [6.45, 7) is 0. The summed E-state index contributed by atoms with van der Waals surface area (Å²) in [5, 5.41) is 21.4. The number of oxazole rings is 1. The number of hydrogen-bond donors (Lipinski definition) is 3. The van der Waals surface area contributed by atoms with E-state index in [1.807, 2.05) is 12.1 Å². The highest BCUT2D eigenvalue weighted by atomic mass is 16.4.